The molecule has 0 rings (SSSR count). The Morgan fingerprint density at radius 3 is 1.37 bits per heavy atom. The molecule has 0 aliphatic heterocycles. The lowest BCUT2D eigenvalue weighted by atomic mass is 10.0. The van der Waals surface area contributed by atoms with Crippen LogP contribution in [0, 0.1) is 0 Å². The van der Waals surface area contributed by atoms with Gasteiger partial charge in [-0.05, 0) is 39.0 Å². The summed E-state index contributed by atoms with van der Waals surface area (Å²) in [5.74, 6) is -3.46. The topological polar surface area (TPSA) is 249 Å². The molecule has 0 radical (unpaired) electrons. The summed E-state index contributed by atoms with van der Waals surface area (Å²) in [6.07, 6.45) is 19.9. The molecule has 18 nitrogen and oxygen atoms in total. The van der Waals surface area contributed by atoms with Gasteiger partial charge in [0.1, 0.15) is 19.3 Å². The van der Waals surface area contributed by atoms with E-state index in [0.717, 1.165) is 38.5 Å². The van der Waals surface area contributed by atoms with Gasteiger partial charge in [-0.2, -0.15) is 0 Å². The third kappa shape index (κ3) is 42.9. The Labute approximate surface area is 376 Å². The van der Waals surface area contributed by atoms with Crippen LogP contribution in [0.2, 0.25) is 0 Å². The quantitative estimate of drug-likeness (QED) is 0.0342. The molecule has 1 atom stereocenters. The number of allylic oxidation sites excluding steroid dienone is 1. The van der Waals surface area contributed by atoms with Gasteiger partial charge in [0.15, 0.2) is 0 Å². The molecular weight excluding hydrogens is 817 g/mol. The SMILES string of the molecule is C=C(C)CCCCCCCCCCCCCCCCC(=O)NC(CCC(=O)NCCOCCOCC(=O)NCCOCCOCC(=O)NCC(=O)NCC(=O)NCCCC)C(=O)O. The largest absolute Gasteiger partial charge is 0.480 e. The van der Waals surface area contributed by atoms with Gasteiger partial charge in [-0.15, -0.1) is 6.58 Å². The highest BCUT2D eigenvalue weighted by atomic mass is 16.5. The van der Waals surface area contributed by atoms with Crippen molar-refractivity contribution in [3.05, 3.63) is 12.2 Å². The van der Waals surface area contributed by atoms with E-state index in [4.69, 9.17) is 18.9 Å². The number of nitrogens with one attached hydrogen (secondary N) is 6. The third-order valence-electron chi connectivity index (χ3n) is 9.64. The number of hydrogen-bond donors (Lipinski definition) is 7. The second kappa shape index (κ2) is 43.1. The first-order valence-corrected chi connectivity index (χ1v) is 23.3. The Bertz CT molecular complexity index is 1270. The molecule has 0 aromatic carbocycles. The zero-order chi connectivity index (χ0) is 46.6. The van der Waals surface area contributed by atoms with E-state index >= 15 is 0 Å². The van der Waals surface area contributed by atoms with Crippen molar-refractivity contribution in [2.45, 2.75) is 148 Å². The minimum atomic E-state index is -1.18. The Hall–Kier alpha value is -4.13. The fourth-order valence-corrected chi connectivity index (χ4v) is 6.01. The maximum absolute atomic E-state index is 12.3. The minimum Gasteiger partial charge on any atom is -0.480 e. The van der Waals surface area contributed by atoms with Crippen LogP contribution in [0.3, 0.4) is 0 Å². The summed E-state index contributed by atoms with van der Waals surface area (Å²) in [5.41, 5.74) is 1.28. The third-order valence-corrected chi connectivity index (χ3v) is 9.64. The summed E-state index contributed by atoms with van der Waals surface area (Å²) < 4.78 is 21.2. The first kappa shape index (κ1) is 58.9. The number of carboxylic acid groups (broad SMARTS) is 1. The molecule has 0 aromatic rings. The average Bonchev–Trinajstić information content (AvgIpc) is 3.25. The van der Waals surface area contributed by atoms with E-state index in [0.29, 0.717) is 13.0 Å². The zero-order valence-corrected chi connectivity index (χ0v) is 38.6. The van der Waals surface area contributed by atoms with E-state index in [9.17, 15) is 38.7 Å². The molecule has 0 aliphatic carbocycles. The van der Waals surface area contributed by atoms with Gasteiger partial charge in [-0.1, -0.05) is 96.0 Å². The molecule has 1 unspecified atom stereocenters. The molecule has 18 heteroatoms. The summed E-state index contributed by atoms with van der Waals surface area (Å²) >= 11 is 0. The van der Waals surface area contributed by atoms with Crippen LogP contribution in [0.25, 0.3) is 0 Å². The predicted molar refractivity (Wildman–Crippen MR) is 241 cm³/mol. The number of ether oxygens (including phenoxy) is 4. The van der Waals surface area contributed by atoms with Gasteiger partial charge >= 0.3 is 5.97 Å². The van der Waals surface area contributed by atoms with Gasteiger partial charge in [0.2, 0.25) is 35.4 Å². The number of carbonyl (C=O) groups is 7. The molecule has 0 fully saturated rings. The highest BCUT2D eigenvalue weighted by Crippen LogP contribution is 2.14. The van der Waals surface area contributed by atoms with Crippen molar-refractivity contribution >= 4 is 41.4 Å². The smallest absolute Gasteiger partial charge is 0.326 e. The molecule has 0 aliphatic rings. The van der Waals surface area contributed by atoms with E-state index < -0.39 is 23.8 Å². The second-order valence-electron chi connectivity index (χ2n) is 15.7. The summed E-state index contributed by atoms with van der Waals surface area (Å²) in [6, 6.07) is -1.13. The van der Waals surface area contributed by atoms with Crippen molar-refractivity contribution in [2.24, 2.45) is 0 Å². The second-order valence-corrected chi connectivity index (χ2v) is 15.7. The van der Waals surface area contributed by atoms with Crippen LogP contribution in [0.15, 0.2) is 12.2 Å². The van der Waals surface area contributed by atoms with Gasteiger partial charge < -0.3 is 56.0 Å². The zero-order valence-electron chi connectivity index (χ0n) is 38.6. The molecule has 7 N–H and O–H groups in total. The average molecular weight is 899 g/mol. The van der Waals surface area contributed by atoms with Crippen molar-refractivity contribution in [3.63, 3.8) is 0 Å². The highest BCUT2D eigenvalue weighted by Gasteiger charge is 2.21. The monoisotopic (exact) mass is 899 g/mol. The first-order chi connectivity index (χ1) is 30.4. The normalized spacial score (nSPS) is 11.3. The molecule has 0 spiro atoms. The summed E-state index contributed by atoms with van der Waals surface area (Å²) in [7, 11) is 0. The van der Waals surface area contributed by atoms with Gasteiger partial charge in [-0.25, -0.2) is 4.79 Å². The van der Waals surface area contributed by atoms with Gasteiger partial charge in [-0.3, -0.25) is 28.8 Å². The van der Waals surface area contributed by atoms with Crippen molar-refractivity contribution in [3.8, 4) is 0 Å². The van der Waals surface area contributed by atoms with Crippen LogP contribution in [-0.2, 0) is 52.5 Å². The highest BCUT2D eigenvalue weighted by molar-refractivity contribution is 5.88. The van der Waals surface area contributed by atoms with E-state index in [1.54, 1.807) is 0 Å². The Kier molecular flexibility index (Phi) is 40.3. The molecule has 0 saturated heterocycles. The number of carboxylic acids is 1. The van der Waals surface area contributed by atoms with Crippen molar-refractivity contribution in [1.29, 1.82) is 0 Å². The van der Waals surface area contributed by atoms with Crippen LogP contribution in [0.4, 0.5) is 0 Å². The Morgan fingerprint density at radius 1 is 0.460 bits per heavy atom. The minimum absolute atomic E-state index is 0.0200. The van der Waals surface area contributed by atoms with E-state index in [2.05, 4.69) is 45.4 Å². The van der Waals surface area contributed by atoms with Crippen LogP contribution >= 0.6 is 0 Å². The molecule has 63 heavy (non-hydrogen) atoms. The number of amides is 6. The van der Waals surface area contributed by atoms with Crippen molar-refractivity contribution < 1.29 is 57.6 Å². The molecule has 0 heterocycles. The van der Waals surface area contributed by atoms with Crippen molar-refractivity contribution in [2.75, 3.05) is 85.6 Å². The van der Waals surface area contributed by atoms with Crippen molar-refractivity contribution in [1.82, 2.24) is 31.9 Å². The molecule has 6 amide bonds. The molecule has 364 valence electrons. The standard InChI is InChI=1S/C45H82N6O12/c1-4-5-24-46-41(54)33-49-42(55)34-50-44(57)36-63-32-30-61-28-26-48-43(56)35-62-31-29-60-27-25-47-39(52)23-22-38(45(58)59)51-40(53)21-19-17-15-13-11-9-7-6-8-10-12-14-16-18-20-37(2)3/h38H,2,4-36H2,1,3H3,(H,46,54)(H,47,52)(H,48,56)(H,49,55)(H,50,57)(H,51,53)(H,58,59). The predicted octanol–water partition coefficient (Wildman–Crippen LogP) is 3.60. The lowest BCUT2D eigenvalue weighted by molar-refractivity contribution is -0.142. The lowest BCUT2D eigenvalue weighted by Gasteiger charge is -2.14. The lowest BCUT2D eigenvalue weighted by Crippen LogP contribution is -2.42. The number of rotatable bonds is 45. The molecule has 0 bridgehead atoms. The molecular formula is C45H82N6O12. The first-order valence-electron chi connectivity index (χ1n) is 23.3. The Morgan fingerprint density at radius 2 is 0.873 bits per heavy atom. The fourth-order valence-electron chi connectivity index (χ4n) is 6.01. The maximum Gasteiger partial charge on any atom is 0.326 e. The fraction of sp³-hybridized carbons (Fsp3) is 0.800. The van der Waals surface area contributed by atoms with Crippen LogP contribution < -0.4 is 31.9 Å². The maximum atomic E-state index is 12.3. The van der Waals surface area contributed by atoms with E-state index in [1.165, 1.54) is 69.8 Å². The van der Waals surface area contributed by atoms with E-state index in [1.807, 2.05) is 6.92 Å². The van der Waals surface area contributed by atoms with Crippen LogP contribution in [0.1, 0.15) is 142 Å². The Balaban J connectivity index is 3.67. The number of unbranched alkanes of at least 4 members (excludes halogenated alkanes) is 14. The number of aliphatic carboxylic acids is 1. The summed E-state index contributed by atoms with van der Waals surface area (Å²) in [5, 5.41) is 24.8. The van der Waals surface area contributed by atoms with E-state index in [-0.39, 0.29) is 122 Å². The number of hydrogen-bond acceptors (Lipinski definition) is 11. The summed E-state index contributed by atoms with van der Waals surface area (Å²) in [4.78, 5) is 83.3. The van der Waals surface area contributed by atoms with Crippen LogP contribution in [-0.4, -0.2) is 138 Å². The van der Waals surface area contributed by atoms with Gasteiger partial charge in [0.25, 0.3) is 0 Å². The summed E-state index contributed by atoms with van der Waals surface area (Å²) in [6.45, 7) is 9.23. The van der Waals surface area contributed by atoms with Gasteiger partial charge in [0, 0.05) is 32.5 Å². The number of carbonyl (C=O) groups excluding carboxylic acids is 6. The molecule has 0 saturated carbocycles. The molecule has 0 aromatic heterocycles. The van der Waals surface area contributed by atoms with Gasteiger partial charge in [0.05, 0.1) is 52.7 Å². The van der Waals surface area contributed by atoms with Crippen LogP contribution in [0.5, 0.6) is 0 Å².